The van der Waals surface area contributed by atoms with Crippen molar-refractivity contribution in [2.75, 3.05) is 45.8 Å². The van der Waals surface area contributed by atoms with Crippen LogP contribution in [0.2, 0.25) is 0 Å². The highest BCUT2D eigenvalue weighted by molar-refractivity contribution is 7.89. The third kappa shape index (κ3) is 4.67. The van der Waals surface area contributed by atoms with Gasteiger partial charge in [-0.15, -0.1) is 0 Å². The number of benzene rings is 1. The molecule has 162 valence electrons. The van der Waals surface area contributed by atoms with Gasteiger partial charge in [0.25, 0.3) is 0 Å². The van der Waals surface area contributed by atoms with Gasteiger partial charge in [0.05, 0.1) is 11.4 Å². The van der Waals surface area contributed by atoms with E-state index in [1.807, 2.05) is 32.6 Å². The number of piperidine rings is 1. The Labute approximate surface area is 175 Å². The number of aryl methyl sites for hydroxylation is 2. The second-order valence-electron chi connectivity index (χ2n) is 8.83. The molecule has 0 radical (unpaired) electrons. The topological polar surface area (TPSA) is 60.9 Å². The van der Waals surface area contributed by atoms with Crippen molar-refractivity contribution in [3.05, 3.63) is 28.3 Å². The Morgan fingerprint density at radius 1 is 0.931 bits per heavy atom. The molecular formula is C22H35N3O3S. The van der Waals surface area contributed by atoms with Crippen molar-refractivity contribution in [3.8, 4) is 0 Å². The summed E-state index contributed by atoms with van der Waals surface area (Å²) < 4.78 is 28.3. The highest BCUT2D eigenvalue weighted by atomic mass is 32.2. The van der Waals surface area contributed by atoms with E-state index in [0.717, 1.165) is 48.2 Å². The van der Waals surface area contributed by atoms with Crippen LogP contribution in [-0.2, 0) is 14.8 Å². The van der Waals surface area contributed by atoms with Crippen molar-refractivity contribution in [2.24, 2.45) is 5.92 Å². The lowest BCUT2D eigenvalue weighted by Gasteiger charge is -2.36. The number of amides is 1. The summed E-state index contributed by atoms with van der Waals surface area (Å²) >= 11 is 0. The smallest absolute Gasteiger partial charge is 0.243 e. The van der Waals surface area contributed by atoms with Crippen LogP contribution in [0.15, 0.2) is 11.0 Å². The summed E-state index contributed by atoms with van der Waals surface area (Å²) in [6.07, 6.45) is 2.15. The second kappa shape index (κ2) is 8.74. The molecule has 0 aliphatic carbocycles. The largest absolute Gasteiger partial charge is 0.342 e. The Hall–Kier alpha value is -1.44. The van der Waals surface area contributed by atoms with Gasteiger partial charge >= 0.3 is 0 Å². The van der Waals surface area contributed by atoms with Crippen molar-refractivity contribution < 1.29 is 13.2 Å². The fourth-order valence-corrected chi connectivity index (χ4v) is 6.37. The van der Waals surface area contributed by atoms with Crippen molar-refractivity contribution in [3.63, 3.8) is 0 Å². The van der Waals surface area contributed by atoms with Crippen LogP contribution in [0.4, 0.5) is 0 Å². The molecule has 0 N–H and O–H groups in total. The maximum atomic E-state index is 13.4. The molecule has 29 heavy (non-hydrogen) atoms. The molecule has 0 aromatic heterocycles. The number of likely N-dealkylation sites (tertiary alicyclic amines) is 1. The number of rotatable bonds is 4. The molecule has 7 heteroatoms. The SMILES string of the molecule is Cc1cc(C)c(C)c(S(=O)(=O)N2CCN(CC(=O)N3CCC(C)CC3)CC2)c1C. The summed E-state index contributed by atoms with van der Waals surface area (Å²) in [4.78, 5) is 17.1. The second-order valence-corrected chi connectivity index (χ2v) is 10.7. The average molecular weight is 422 g/mol. The van der Waals surface area contributed by atoms with Crippen molar-refractivity contribution in [1.29, 1.82) is 0 Å². The van der Waals surface area contributed by atoms with E-state index in [1.54, 1.807) is 4.31 Å². The first-order valence-corrected chi connectivity index (χ1v) is 12.1. The quantitative estimate of drug-likeness (QED) is 0.749. The molecule has 0 spiro atoms. The van der Waals surface area contributed by atoms with Crippen LogP contribution < -0.4 is 0 Å². The molecule has 2 aliphatic rings. The lowest BCUT2D eigenvalue weighted by molar-refractivity contribution is -0.134. The van der Waals surface area contributed by atoms with Crippen LogP contribution in [0.3, 0.4) is 0 Å². The first kappa shape index (κ1) is 22.2. The van der Waals surface area contributed by atoms with Crippen LogP contribution in [0.25, 0.3) is 0 Å². The Morgan fingerprint density at radius 3 is 1.97 bits per heavy atom. The fourth-order valence-electron chi connectivity index (χ4n) is 4.37. The standard InChI is InChI=1S/C22H35N3O3S/c1-16-6-8-24(9-7-16)21(26)15-23-10-12-25(13-11-23)29(27,28)22-19(4)17(2)14-18(3)20(22)5/h14,16H,6-13,15H2,1-5H3. The molecular weight excluding hydrogens is 386 g/mol. The first-order chi connectivity index (χ1) is 13.6. The van der Waals surface area contributed by atoms with E-state index < -0.39 is 10.0 Å². The van der Waals surface area contributed by atoms with Gasteiger partial charge in [-0.1, -0.05) is 13.0 Å². The Balaban J connectivity index is 1.64. The number of carbonyl (C=O) groups is 1. The third-order valence-electron chi connectivity index (χ3n) is 6.72. The zero-order chi connectivity index (χ0) is 21.3. The molecule has 6 nitrogen and oxygen atoms in total. The Kier molecular flexibility index (Phi) is 6.70. The molecule has 1 amide bonds. The predicted molar refractivity (Wildman–Crippen MR) is 116 cm³/mol. The lowest BCUT2D eigenvalue weighted by Crippen LogP contribution is -2.52. The summed E-state index contributed by atoms with van der Waals surface area (Å²) in [5.41, 5.74) is 3.69. The number of hydrogen-bond donors (Lipinski definition) is 0. The number of carbonyl (C=O) groups excluding carboxylic acids is 1. The zero-order valence-corrected chi connectivity index (χ0v) is 19.3. The van der Waals surface area contributed by atoms with Gasteiger partial charge in [-0.3, -0.25) is 9.69 Å². The molecule has 2 fully saturated rings. The number of piperazine rings is 1. The van der Waals surface area contributed by atoms with Crippen molar-refractivity contribution in [1.82, 2.24) is 14.1 Å². The minimum atomic E-state index is -3.54. The summed E-state index contributed by atoms with van der Waals surface area (Å²) in [5.74, 6) is 0.874. The molecule has 0 bridgehead atoms. The average Bonchev–Trinajstić information content (AvgIpc) is 2.67. The number of nitrogens with zero attached hydrogens (tertiary/aromatic N) is 3. The third-order valence-corrected chi connectivity index (χ3v) is 8.89. The molecule has 2 aliphatic heterocycles. The van der Waals surface area contributed by atoms with Crippen LogP contribution in [-0.4, -0.2) is 74.2 Å². The monoisotopic (exact) mass is 421 g/mol. The zero-order valence-electron chi connectivity index (χ0n) is 18.5. The van der Waals surface area contributed by atoms with E-state index in [9.17, 15) is 13.2 Å². The van der Waals surface area contributed by atoms with Gasteiger partial charge in [0.15, 0.2) is 0 Å². The highest BCUT2D eigenvalue weighted by Gasteiger charge is 2.32. The highest BCUT2D eigenvalue weighted by Crippen LogP contribution is 2.29. The summed E-state index contributed by atoms with van der Waals surface area (Å²) in [6.45, 7) is 14.1. The Morgan fingerprint density at radius 2 is 1.45 bits per heavy atom. The van der Waals surface area contributed by atoms with Crippen LogP contribution >= 0.6 is 0 Å². The lowest BCUT2D eigenvalue weighted by atomic mass is 9.99. The van der Waals surface area contributed by atoms with Gasteiger partial charge in [0, 0.05) is 39.3 Å². The summed E-state index contributed by atoms with van der Waals surface area (Å²) in [5, 5.41) is 0. The van der Waals surface area contributed by atoms with E-state index >= 15 is 0 Å². The van der Waals surface area contributed by atoms with Gasteiger partial charge in [-0.05, 0) is 68.7 Å². The van der Waals surface area contributed by atoms with Gasteiger partial charge in [0.1, 0.15) is 0 Å². The maximum Gasteiger partial charge on any atom is 0.243 e. The molecule has 2 heterocycles. The van der Waals surface area contributed by atoms with Gasteiger partial charge in [-0.2, -0.15) is 4.31 Å². The minimum Gasteiger partial charge on any atom is -0.342 e. The molecule has 0 atom stereocenters. The van der Waals surface area contributed by atoms with Crippen LogP contribution in [0.1, 0.15) is 42.0 Å². The maximum absolute atomic E-state index is 13.4. The number of hydrogen-bond acceptors (Lipinski definition) is 4. The molecule has 3 rings (SSSR count). The fraction of sp³-hybridized carbons (Fsp3) is 0.682. The minimum absolute atomic E-state index is 0.175. The summed E-state index contributed by atoms with van der Waals surface area (Å²) in [6, 6.07) is 2.05. The van der Waals surface area contributed by atoms with E-state index in [2.05, 4.69) is 17.9 Å². The normalized spacial score (nSPS) is 20.2. The van der Waals surface area contributed by atoms with Crippen LogP contribution in [0, 0.1) is 33.6 Å². The Bertz CT molecular complexity index is 840. The summed E-state index contributed by atoms with van der Waals surface area (Å²) in [7, 11) is -3.54. The van der Waals surface area contributed by atoms with Gasteiger partial charge in [0.2, 0.25) is 15.9 Å². The van der Waals surface area contributed by atoms with E-state index in [0.29, 0.717) is 43.5 Å². The molecule has 1 aromatic rings. The molecule has 2 saturated heterocycles. The van der Waals surface area contributed by atoms with Gasteiger partial charge in [-0.25, -0.2) is 8.42 Å². The number of sulfonamides is 1. The van der Waals surface area contributed by atoms with E-state index in [1.165, 1.54) is 0 Å². The van der Waals surface area contributed by atoms with E-state index in [-0.39, 0.29) is 5.91 Å². The molecule has 0 saturated carbocycles. The van der Waals surface area contributed by atoms with Crippen molar-refractivity contribution in [2.45, 2.75) is 52.4 Å². The molecule has 1 aromatic carbocycles. The first-order valence-electron chi connectivity index (χ1n) is 10.7. The van der Waals surface area contributed by atoms with Crippen molar-refractivity contribution >= 4 is 15.9 Å². The molecule has 0 unspecified atom stereocenters. The predicted octanol–water partition coefficient (Wildman–Crippen LogP) is 2.49. The van der Waals surface area contributed by atoms with Crippen LogP contribution in [0.5, 0.6) is 0 Å². The van der Waals surface area contributed by atoms with Gasteiger partial charge < -0.3 is 4.90 Å². The van der Waals surface area contributed by atoms with E-state index in [4.69, 9.17) is 0 Å².